The summed E-state index contributed by atoms with van der Waals surface area (Å²) in [6.07, 6.45) is 0.661. The van der Waals surface area contributed by atoms with Crippen molar-refractivity contribution < 1.29 is 129 Å². The summed E-state index contributed by atoms with van der Waals surface area (Å²) in [5.74, 6) is -2.91. The zero-order chi connectivity index (χ0) is 54.1. The topological polar surface area (TPSA) is 333 Å². The van der Waals surface area contributed by atoms with Gasteiger partial charge < -0.3 is 24.2 Å². The van der Waals surface area contributed by atoms with Gasteiger partial charge in [-0.1, -0.05) is 85.0 Å². The maximum absolute atomic E-state index is 13.0. The van der Waals surface area contributed by atoms with E-state index in [4.69, 9.17) is 30.3 Å². The standard InChI is InChI=1S/C46H56N10O12S6.4Li/c1-21-15-24(4)39(73(61,62)63)26(6)36(21)51-42-37(52-53-43-30(20-47)41(46(8,9)10)54-56(43)45-49-31-13-11-28(71-68-67-57)18-33(31)70-45)22(2)17-35(50-42)55(38-23(3)16-25(5)40(27(38)7)74(64,65)66)44-48-32-14-12-29(72(58,59)60)19-34(32)69-44;;;;/h11-14,17-19,21,23-27,36,38-40,57H,15-16H2,1-10H3,(H,50,51)(H,58,59,60)(H,61,62,63)(H,64,65,66);;;;/q;4*+1/p-4. The average Bonchev–Trinajstić information content (AvgIpc) is 4.01. The first-order valence-corrected chi connectivity index (χ1v) is 30.1. The second-order valence-electron chi connectivity index (χ2n) is 20.5. The minimum absolute atomic E-state index is 0. The van der Waals surface area contributed by atoms with Gasteiger partial charge in [0.1, 0.15) is 33.3 Å². The van der Waals surface area contributed by atoms with Crippen molar-refractivity contribution in [3.05, 3.63) is 59.3 Å². The van der Waals surface area contributed by atoms with Crippen LogP contribution in [0.1, 0.15) is 92.0 Å². The predicted octanol–water partition coefficient (Wildman–Crippen LogP) is -3.73. The van der Waals surface area contributed by atoms with Gasteiger partial charge in [0.05, 0.1) is 73.8 Å². The normalized spacial score (nSPS) is 23.9. The molecule has 4 aromatic heterocycles. The van der Waals surface area contributed by atoms with E-state index in [0.717, 1.165) is 17.4 Å². The van der Waals surface area contributed by atoms with Crippen molar-refractivity contribution in [1.82, 2.24) is 24.7 Å². The zero-order valence-electron chi connectivity index (χ0n) is 45.6. The molecule has 2 fully saturated rings. The van der Waals surface area contributed by atoms with Crippen LogP contribution >= 0.6 is 34.7 Å². The Hall–Kier alpha value is -2.38. The Morgan fingerprint density at radius 2 is 1.38 bits per heavy atom. The van der Waals surface area contributed by atoms with Crippen LogP contribution in [0.2, 0.25) is 0 Å². The molecule has 2 aliphatic rings. The van der Waals surface area contributed by atoms with Gasteiger partial charge in [0.25, 0.3) is 0 Å². The van der Waals surface area contributed by atoms with Crippen LogP contribution in [0.5, 0.6) is 0 Å². The largest absolute Gasteiger partial charge is 1.00 e. The van der Waals surface area contributed by atoms with Crippen LogP contribution in [0.4, 0.5) is 28.3 Å². The Labute approximate surface area is 514 Å². The third-order valence-corrected chi connectivity index (χ3v) is 20.6. The van der Waals surface area contributed by atoms with Crippen LogP contribution in [-0.2, 0) is 45.1 Å². The number of benzene rings is 2. The van der Waals surface area contributed by atoms with Crippen LogP contribution in [-0.4, -0.2) is 86.2 Å². The summed E-state index contributed by atoms with van der Waals surface area (Å²) < 4.78 is 121. The molecule has 1 N–H and O–H groups in total. The van der Waals surface area contributed by atoms with Crippen molar-refractivity contribution in [2.75, 3.05) is 10.2 Å². The van der Waals surface area contributed by atoms with Gasteiger partial charge in [0, 0.05) is 22.4 Å². The molecular weight excluding hydrogens is 1100 g/mol. The van der Waals surface area contributed by atoms with E-state index in [9.17, 15) is 49.4 Å². The maximum atomic E-state index is 13.0. The summed E-state index contributed by atoms with van der Waals surface area (Å²) in [4.78, 5) is 16.6. The molecule has 0 aliphatic heterocycles. The van der Waals surface area contributed by atoms with Gasteiger partial charge in [-0.15, -0.1) is 10.2 Å². The molecule has 2 saturated carbocycles. The molecule has 4 heterocycles. The van der Waals surface area contributed by atoms with Crippen molar-refractivity contribution in [2.45, 2.75) is 120 Å². The van der Waals surface area contributed by atoms with Gasteiger partial charge in [-0.05, 0) is 103 Å². The summed E-state index contributed by atoms with van der Waals surface area (Å²) in [5, 5.41) is 40.5. The van der Waals surface area contributed by atoms with E-state index >= 15 is 0 Å². The van der Waals surface area contributed by atoms with Crippen molar-refractivity contribution in [1.29, 1.82) is 5.26 Å². The number of hydrogen-bond donors (Lipinski definition) is 1. The van der Waals surface area contributed by atoms with Crippen LogP contribution in [0, 0.1) is 53.8 Å². The van der Waals surface area contributed by atoms with Gasteiger partial charge >= 0.3 is 75.4 Å². The number of hydrogen-bond acceptors (Lipinski definition) is 24. The Balaban J connectivity index is 0.00000328. The van der Waals surface area contributed by atoms with E-state index in [1.54, 1.807) is 63.8 Å². The van der Waals surface area contributed by atoms with Crippen LogP contribution in [0.3, 0.4) is 0 Å². The summed E-state index contributed by atoms with van der Waals surface area (Å²) in [6.45, 7) is 18.0. The summed E-state index contributed by atoms with van der Waals surface area (Å²) in [5.41, 5.74) is 1.20. The molecule has 6 aromatic rings. The number of aromatic nitrogens is 5. The zero-order valence-corrected chi connectivity index (χ0v) is 50.5. The third kappa shape index (κ3) is 14.0. The van der Waals surface area contributed by atoms with E-state index in [0.29, 0.717) is 66.6 Å². The van der Waals surface area contributed by atoms with E-state index < -0.39 is 86.9 Å². The molecule has 22 nitrogen and oxygen atoms in total. The smallest absolute Gasteiger partial charge is 0.748 e. The number of nitrogens with one attached hydrogen (secondary N) is 1. The van der Waals surface area contributed by atoms with Crippen molar-refractivity contribution in [3.8, 4) is 11.2 Å². The number of nitriles is 1. The number of nitrogens with zero attached hydrogens (tertiary/aromatic N) is 9. The molecule has 10 unspecified atom stereocenters. The van der Waals surface area contributed by atoms with Crippen molar-refractivity contribution in [3.63, 3.8) is 0 Å². The average molecular weight is 1160 g/mol. The minimum Gasteiger partial charge on any atom is -0.748 e. The SMILES string of the molecule is Cc1cc(N(c2nc3ccc(S(=O)(=O)[O-])cc3s2)C2C(C)CC(C)C(S(=O)(=O)[O-])C2C)nc(NC2C(C)CC(C)C(S(=O)(=O)[O-])C2C)c1N=Nc1c(C#N)c(C(C)(C)C)nn1-c1nc2ccc(SOO[O-])cc2s1.[Li+].[Li+].[Li+].[Li+]. The second-order valence-corrected chi connectivity index (χ2v) is 27.7. The molecule has 8 rings (SSSR count). The van der Waals surface area contributed by atoms with Gasteiger partial charge in [0.15, 0.2) is 16.8 Å². The van der Waals surface area contributed by atoms with Gasteiger partial charge in [0.2, 0.25) is 5.13 Å². The number of pyridine rings is 1. The summed E-state index contributed by atoms with van der Waals surface area (Å²) in [7, 11) is -14.5. The molecule has 0 spiro atoms. The Kier molecular flexibility index (Phi) is 22.7. The third-order valence-electron chi connectivity index (χ3n) is 14.1. The molecule has 0 amide bonds. The molecule has 0 bridgehead atoms. The fourth-order valence-electron chi connectivity index (χ4n) is 11.2. The predicted molar refractivity (Wildman–Crippen MR) is 273 cm³/mol. The van der Waals surface area contributed by atoms with Gasteiger partial charge in [-0.3, -0.25) is 9.94 Å². The first kappa shape index (κ1) is 68.1. The molecule has 2 aromatic carbocycles. The molecule has 32 heteroatoms. The molecule has 398 valence electrons. The molecule has 78 heavy (non-hydrogen) atoms. The van der Waals surface area contributed by atoms with E-state index in [1.807, 2.05) is 34.6 Å². The number of azo groups is 1. The number of fused-ring (bicyclic) bond motifs is 2. The number of rotatable bonds is 14. The van der Waals surface area contributed by atoms with E-state index in [-0.39, 0.29) is 121 Å². The second kappa shape index (κ2) is 26.0. The molecule has 10 atom stereocenters. The van der Waals surface area contributed by atoms with Gasteiger partial charge in [-0.2, -0.15) is 19.4 Å². The number of anilines is 3. The quantitative estimate of drug-likeness (QED) is 0.0274. The fourth-order valence-corrected chi connectivity index (χ4v) is 17.0. The van der Waals surface area contributed by atoms with Crippen LogP contribution < -0.4 is 90.9 Å². The minimum atomic E-state index is -4.87. The Morgan fingerprint density at radius 3 is 1.97 bits per heavy atom. The number of thiazole rings is 2. The van der Waals surface area contributed by atoms with Crippen molar-refractivity contribution >= 4 is 114 Å². The summed E-state index contributed by atoms with van der Waals surface area (Å²) in [6, 6.07) is 11.3. The van der Waals surface area contributed by atoms with Crippen molar-refractivity contribution in [2.24, 2.45) is 45.7 Å². The van der Waals surface area contributed by atoms with Gasteiger partial charge in [-0.25, -0.2) is 40.2 Å². The Morgan fingerprint density at radius 1 is 0.795 bits per heavy atom. The van der Waals surface area contributed by atoms with Crippen LogP contribution in [0.15, 0.2) is 62.5 Å². The molecule has 0 saturated heterocycles. The first-order valence-electron chi connectivity index (χ1n) is 23.3. The first-order chi connectivity index (χ1) is 34.5. The molecule has 0 radical (unpaired) electrons. The van der Waals surface area contributed by atoms with Crippen LogP contribution in [0.25, 0.3) is 25.6 Å². The molecule has 2 aliphatic carbocycles. The van der Waals surface area contributed by atoms with E-state index in [1.165, 1.54) is 28.2 Å². The van der Waals surface area contributed by atoms with E-state index in [2.05, 4.69) is 20.8 Å². The Bertz CT molecular complexity index is 3580. The number of aryl methyl sites for hydroxylation is 1. The summed E-state index contributed by atoms with van der Waals surface area (Å²) >= 11 is 2.94. The monoisotopic (exact) mass is 1160 g/mol. The fraction of sp³-hybridized carbons (Fsp3) is 0.500. The molecular formula is C46H52Li4N10O12S6. The maximum Gasteiger partial charge on any atom is 1.00 e.